The number of ether oxygens (including phenoxy) is 2. The van der Waals surface area contributed by atoms with Gasteiger partial charge in [-0.2, -0.15) is 0 Å². The summed E-state index contributed by atoms with van der Waals surface area (Å²) in [5.41, 5.74) is 6.79. The Bertz CT molecular complexity index is 851. The molecule has 0 atom stereocenters. The Labute approximate surface area is 151 Å². The van der Waals surface area contributed by atoms with Crippen LogP contribution in [0.3, 0.4) is 0 Å². The summed E-state index contributed by atoms with van der Waals surface area (Å²) in [5, 5.41) is 5.31. The number of urea groups is 1. The fraction of sp³-hybridized carbons (Fsp3) is 0.158. The molecule has 7 nitrogen and oxygen atoms in total. The lowest BCUT2D eigenvalue weighted by molar-refractivity contribution is 0.1000. The maximum atomic E-state index is 12.0. The lowest BCUT2D eigenvalue weighted by atomic mass is 10.1. The van der Waals surface area contributed by atoms with E-state index in [9.17, 15) is 9.59 Å². The number of methoxy groups -OCH3 is 2. The summed E-state index contributed by atoms with van der Waals surface area (Å²) in [4.78, 5) is 23.0. The van der Waals surface area contributed by atoms with Crippen LogP contribution in [0.5, 0.6) is 11.5 Å². The number of nitrogens with one attached hydrogen (secondary N) is 2. The van der Waals surface area contributed by atoms with Crippen LogP contribution in [0.1, 0.15) is 15.9 Å². The molecule has 2 aromatic carbocycles. The molecule has 0 aromatic heterocycles. The van der Waals surface area contributed by atoms with Gasteiger partial charge in [0, 0.05) is 11.1 Å². The van der Waals surface area contributed by atoms with E-state index < -0.39 is 11.9 Å². The summed E-state index contributed by atoms with van der Waals surface area (Å²) < 4.78 is 10.4. The first-order valence-corrected chi connectivity index (χ1v) is 7.69. The van der Waals surface area contributed by atoms with Crippen molar-refractivity contribution in [1.29, 1.82) is 0 Å². The number of benzene rings is 2. The van der Waals surface area contributed by atoms with Crippen LogP contribution in [0.25, 0.3) is 0 Å². The first-order chi connectivity index (χ1) is 12.5. The summed E-state index contributed by atoms with van der Waals surface area (Å²) >= 11 is 0. The Balaban J connectivity index is 1.91. The summed E-state index contributed by atoms with van der Waals surface area (Å²) in [6, 6.07) is 11.3. The fourth-order valence-corrected chi connectivity index (χ4v) is 2.14. The van der Waals surface area contributed by atoms with Crippen LogP contribution < -0.4 is 25.8 Å². The van der Waals surface area contributed by atoms with E-state index in [-0.39, 0.29) is 6.54 Å². The van der Waals surface area contributed by atoms with Gasteiger partial charge in [0.2, 0.25) is 5.91 Å². The minimum atomic E-state index is -0.490. The molecule has 0 saturated carbocycles. The van der Waals surface area contributed by atoms with Crippen molar-refractivity contribution in [3.05, 3.63) is 53.6 Å². The molecule has 0 fully saturated rings. The fourth-order valence-electron chi connectivity index (χ4n) is 2.14. The number of hydrogen-bond donors (Lipinski definition) is 3. The Hall–Kier alpha value is -3.66. The molecule has 0 unspecified atom stereocenters. The molecular formula is C19H19N3O4. The average molecular weight is 353 g/mol. The Morgan fingerprint density at radius 3 is 2.42 bits per heavy atom. The Morgan fingerprint density at radius 1 is 1.08 bits per heavy atom. The molecule has 0 saturated heterocycles. The SMILES string of the molecule is COc1cccc(NC(=O)NCC#Cc2ccc(C(N)=O)cc2)c1OC. The minimum absolute atomic E-state index is 0.149. The molecule has 0 aliphatic carbocycles. The highest BCUT2D eigenvalue weighted by molar-refractivity contribution is 5.93. The van der Waals surface area contributed by atoms with Gasteiger partial charge in [0.05, 0.1) is 26.5 Å². The van der Waals surface area contributed by atoms with E-state index in [0.717, 1.165) is 0 Å². The van der Waals surface area contributed by atoms with Crippen molar-refractivity contribution in [2.24, 2.45) is 5.73 Å². The van der Waals surface area contributed by atoms with Crippen LogP contribution in [0, 0.1) is 11.8 Å². The van der Waals surface area contributed by atoms with Gasteiger partial charge in [-0.15, -0.1) is 0 Å². The molecule has 0 radical (unpaired) electrons. The van der Waals surface area contributed by atoms with E-state index >= 15 is 0 Å². The van der Waals surface area contributed by atoms with E-state index in [4.69, 9.17) is 15.2 Å². The predicted octanol–water partition coefficient (Wildman–Crippen LogP) is 1.98. The second-order valence-electron chi connectivity index (χ2n) is 5.09. The van der Waals surface area contributed by atoms with Gasteiger partial charge in [-0.1, -0.05) is 17.9 Å². The van der Waals surface area contributed by atoms with E-state index in [0.29, 0.717) is 28.3 Å². The van der Waals surface area contributed by atoms with Crippen LogP contribution >= 0.6 is 0 Å². The quantitative estimate of drug-likeness (QED) is 0.715. The van der Waals surface area contributed by atoms with Gasteiger partial charge < -0.3 is 25.8 Å². The third kappa shape index (κ3) is 4.92. The van der Waals surface area contributed by atoms with Crippen LogP contribution in [0.15, 0.2) is 42.5 Å². The molecule has 26 heavy (non-hydrogen) atoms. The standard InChI is InChI=1S/C19H19N3O4/c1-25-16-7-3-6-15(17(16)26-2)22-19(24)21-12-4-5-13-8-10-14(11-9-13)18(20)23/h3,6-11H,12H2,1-2H3,(H2,20,23)(H2,21,22,24). The molecule has 0 aliphatic rings. The molecule has 2 rings (SSSR count). The third-order valence-corrected chi connectivity index (χ3v) is 3.39. The zero-order chi connectivity index (χ0) is 18.9. The molecule has 7 heteroatoms. The molecule has 134 valence electrons. The summed E-state index contributed by atoms with van der Waals surface area (Å²) in [6.07, 6.45) is 0. The minimum Gasteiger partial charge on any atom is -0.493 e. The van der Waals surface area contributed by atoms with Gasteiger partial charge in [-0.3, -0.25) is 4.79 Å². The zero-order valence-corrected chi connectivity index (χ0v) is 14.5. The van der Waals surface area contributed by atoms with Crippen LogP contribution in [0.2, 0.25) is 0 Å². The van der Waals surface area contributed by atoms with Crippen LogP contribution in [-0.2, 0) is 0 Å². The topological polar surface area (TPSA) is 103 Å². The highest BCUT2D eigenvalue weighted by Gasteiger charge is 2.11. The monoisotopic (exact) mass is 353 g/mol. The second-order valence-corrected chi connectivity index (χ2v) is 5.09. The maximum absolute atomic E-state index is 12.0. The molecule has 0 spiro atoms. The van der Waals surface area contributed by atoms with Crippen molar-refractivity contribution in [3.63, 3.8) is 0 Å². The van der Waals surface area contributed by atoms with Crippen molar-refractivity contribution in [2.45, 2.75) is 0 Å². The van der Waals surface area contributed by atoms with Gasteiger partial charge in [-0.25, -0.2) is 4.79 Å². The number of carbonyl (C=O) groups is 2. The smallest absolute Gasteiger partial charge is 0.320 e. The average Bonchev–Trinajstić information content (AvgIpc) is 2.65. The lowest BCUT2D eigenvalue weighted by Crippen LogP contribution is -2.29. The maximum Gasteiger partial charge on any atom is 0.320 e. The molecule has 0 aliphatic heterocycles. The van der Waals surface area contributed by atoms with E-state index in [1.165, 1.54) is 14.2 Å². The molecule has 2 aromatic rings. The van der Waals surface area contributed by atoms with Crippen molar-refractivity contribution in [1.82, 2.24) is 5.32 Å². The number of amides is 3. The Morgan fingerprint density at radius 2 is 1.81 bits per heavy atom. The van der Waals surface area contributed by atoms with Crippen LogP contribution in [-0.4, -0.2) is 32.7 Å². The summed E-state index contributed by atoms with van der Waals surface area (Å²) in [5.74, 6) is 6.17. The van der Waals surface area contributed by atoms with Gasteiger partial charge in [0.25, 0.3) is 0 Å². The van der Waals surface area contributed by atoms with Gasteiger partial charge in [-0.05, 0) is 36.4 Å². The van der Waals surface area contributed by atoms with E-state index in [1.54, 1.807) is 42.5 Å². The largest absolute Gasteiger partial charge is 0.493 e. The van der Waals surface area contributed by atoms with Crippen molar-refractivity contribution >= 4 is 17.6 Å². The highest BCUT2D eigenvalue weighted by Crippen LogP contribution is 2.34. The number of anilines is 1. The first kappa shape index (κ1) is 18.7. The number of rotatable bonds is 5. The third-order valence-electron chi connectivity index (χ3n) is 3.39. The Kier molecular flexibility index (Phi) is 6.46. The van der Waals surface area contributed by atoms with Gasteiger partial charge >= 0.3 is 6.03 Å². The zero-order valence-electron chi connectivity index (χ0n) is 14.5. The number of para-hydroxylation sites is 1. The van der Waals surface area contributed by atoms with E-state index in [2.05, 4.69) is 22.5 Å². The summed E-state index contributed by atoms with van der Waals surface area (Å²) in [6.45, 7) is 0.149. The van der Waals surface area contributed by atoms with E-state index in [1.807, 2.05) is 0 Å². The number of primary amides is 1. The first-order valence-electron chi connectivity index (χ1n) is 7.69. The number of hydrogen-bond acceptors (Lipinski definition) is 4. The van der Waals surface area contributed by atoms with Gasteiger partial charge in [0.15, 0.2) is 11.5 Å². The molecule has 3 amide bonds. The highest BCUT2D eigenvalue weighted by atomic mass is 16.5. The number of nitrogens with two attached hydrogens (primary N) is 1. The molecule has 0 heterocycles. The van der Waals surface area contributed by atoms with Crippen molar-refractivity contribution in [3.8, 4) is 23.3 Å². The van der Waals surface area contributed by atoms with Crippen LogP contribution in [0.4, 0.5) is 10.5 Å². The number of carbonyl (C=O) groups excluding carboxylic acids is 2. The summed E-state index contributed by atoms with van der Waals surface area (Å²) in [7, 11) is 3.02. The molecular weight excluding hydrogens is 334 g/mol. The van der Waals surface area contributed by atoms with Gasteiger partial charge in [0.1, 0.15) is 0 Å². The predicted molar refractivity (Wildman–Crippen MR) is 98.4 cm³/mol. The lowest BCUT2D eigenvalue weighted by Gasteiger charge is -2.13. The molecule has 0 bridgehead atoms. The molecule has 4 N–H and O–H groups in total. The normalized spacial score (nSPS) is 9.46. The van der Waals surface area contributed by atoms with Crippen molar-refractivity contribution < 1.29 is 19.1 Å². The second kappa shape index (κ2) is 8.99. The van der Waals surface area contributed by atoms with Crippen molar-refractivity contribution in [2.75, 3.05) is 26.1 Å².